The fourth-order valence-corrected chi connectivity index (χ4v) is 3.97. The van der Waals surface area contributed by atoms with Gasteiger partial charge in [0.2, 0.25) is 5.91 Å². The number of aryl methyl sites for hydroxylation is 1. The molecule has 0 atom stereocenters. The maximum atomic E-state index is 12.9. The molecule has 0 radical (unpaired) electrons. The zero-order valence-electron chi connectivity index (χ0n) is 15.3. The molecule has 1 aliphatic carbocycles. The van der Waals surface area contributed by atoms with Gasteiger partial charge in [0.15, 0.2) is 5.58 Å². The fourth-order valence-electron chi connectivity index (χ4n) is 3.97. The quantitative estimate of drug-likeness (QED) is 0.720. The smallest absolute Gasteiger partial charge is 0.291 e. The van der Waals surface area contributed by atoms with Crippen LogP contribution in [0.3, 0.4) is 0 Å². The molecule has 0 spiro atoms. The summed E-state index contributed by atoms with van der Waals surface area (Å²) in [6.45, 7) is 1.96. The summed E-state index contributed by atoms with van der Waals surface area (Å²) in [4.78, 5) is 27.4. The number of furan rings is 1. The predicted octanol–water partition coefficient (Wildman–Crippen LogP) is 2.60. The lowest BCUT2D eigenvalue weighted by molar-refractivity contribution is -0.133. The average Bonchev–Trinajstić information content (AvgIpc) is 3.25. The highest BCUT2D eigenvalue weighted by Crippen LogP contribution is 2.22. The van der Waals surface area contributed by atoms with E-state index in [1.807, 2.05) is 24.4 Å². The van der Waals surface area contributed by atoms with E-state index in [1.165, 1.54) is 11.1 Å². The Balaban J connectivity index is 1.69. The van der Waals surface area contributed by atoms with Crippen molar-refractivity contribution in [1.29, 1.82) is 0 Å². The maximum absolute atomic E-state index is 12.9. The van der Waals surface area contributed by atoms with Crippen molar-refractivity contribution in [1.82, 2.24) is 19.1 Å². The third kappa shape index (κ3) is 2.71. The van der Waals surface area contributed by atoms with Crippen LogP contribution in [0, 0.1) is 0 Å². The molecule has 1 saturated carbocycles. The number of likely N-dealkylation sites (N-methyl/N-ethyl adjacent to an activating group) is 1. The van der Waals surface area contributed by atoms with Gasteiger partial charge < -0.3 is 9.32 Å². The lowest BCUT2D eigenvalue weighted by Gasteiger charge is -2.31. The van der Waals surface area contributed by atoms with E-state index in [2.05, 4.69) is 5.10 Å². The first kappa shape index (κ1) is 16.9. The predicted molar refractivity (Wildman–Crippen MR) is 98.2 cm³/mol. The molecular formula is C19H24N4O3. The SMILES string of the molecule is CCc1nn(CC(=O)N(C)C2CCCCC2)c(=O)c2cc3occc3n12. The second-order valence-electron chi connectivity index (χ2n) is 7.06. The number of fused-ring (bicyclic) bond motifs is 3. The monoisotopic (exact) mass is 356 g/mol. The Kier molecular flexibility index (Phi) is 4.30. The van der Waals surface area contributed by atoms with Crippen LogP contribution in [0.15, 0.2) is 27.6 Å². The standard InChI is InChI=1S/C19H24N4O3/c1-3-17-20-22(12-18(24)21(2)13-7-5-4-6-8-13)19(25)15-11-16-14(23(15)17)9-10-26-16/h9-11,13H,3-8,12H2,1-2H3. The van der Waals surface area contributed by atoms with Crippen molar-refractivity contribution in [2.24, 2.45) is 0 Å². The minimum absolute atomic E-state index is 0.0259. The fraction of sp³-hybridized carbons (Fsp3) is 0.526. The Bertz CT molecular complexity index is 1010. The largest absolute Gasteiger partial charge is 0.463 e. The summed E-state index contributed by atoms with van der Waals surface area (Å²) in [5, 5.41) is 4.47. The van der Waals surface area contributed by atoms with Crippen molar-refractivity contribution in [3.63, 3.8) is 0 Å². The molecule has 0 N–H and O–H groups in total. The van der Waals surface area contributed by atoms with Crippen molar-refractivity contribution < 1.29 is 9.21 Å². The van der Waals surface area contributed by atoms with Gasteiger partial charge in [0.1, 0.15) is 17.9 Å². The number of carbonyl (C=O) groups excluding carboxylic acids is 1. The van der Waals surface area contributed by atoms with Gasteiger partial charge >= 0.3 is 0 Å². The summed E-state index contributed by atoms with van der Waals surface area (Å²) in [6.07, 6.45) is 7.90. The molecule has 3 aromatic heterocycles. The first-order chi connectivity index (χ1) is 12.6. The molecule has 3 aromatic rings. The van der Waals surface area contributed by atoms with Gasteiger partial charge in [-0.05, 0) is 12.8 Å². The molecule has 0 aromatic carbocycles. The van der Waals surface area contributed by atoms with Gasteiger partial charge in [0.05, 0.1) is 11.8 Å². The van der Waals surface area contributed by atoms with Crippen molar-refractivity contribution in [3.8, 4) is 0 Å². The van der Waals surface area contributed by atoms with Crippen LogP contribution < -0.4 is 5.56 Å². The lowest BCUT2D eigenvalue weighted by atomic mass is 9.94. The molecule has 7 heteroatoms. The Hall–Kier alpha value is -2.57. The van der Waals surface area contributed by atoms with Gasteiger partial charge in [-0.1, -0.05) is 26.2 Å². The molecule has 4 rings (SSSR count). The molecule has 0 bridgehead atoms. The third-order valence-electron chi connectivity index (χ3n) is 5.49. The van der Waals surface area contributed by atoms with E-state index in [1.54, 1.807) is 17.2 Å². The molecule has 0 aliphatic heterocycles. The van der Waals surface area contributed by atoms with Gasteiger partial charge in [0, 0.05) is 31.6 Å². The van der Waals surface area contributed by atoms with E-state index in [0.717, 1.165) is 37.0 Å². The Morgan fingerprint density at radius 3 is 2.81 bits per heavy atom. The van der Waals surface area contributed by atoms with Gasteiger partial charge in [-0.25, -0.2) is 4.68 Å². The third-order valence-corrected chi connectivity index (χ3v) is 5.49. The normalized spacial score (nSPS) is 15.8. The molecule has 7 nitrogen and oxygen atoms in total. The van der Waals surface area contributed by atoms with Crippen molar-refractivity contribution in [2.45, 2.75) is 58.0 Å². The number of amides is 1. The number of aromatic nitrogens is 3. The minimum atomic E-state index is -0.265. The molecule has 1 fully saturated rings. The number of hydrogen-bond acceptors (Lipinski definition) is 4. The van der Waals surface area contributed by atoms with Gasteiger partial charge in [-0.15, -0.1) is 0 Å². The van der Waals surface area contributed by atoms with E-state index in [-0.39, 0.29) is 24.1 Å². The Morgan fingerprint density at radius 1 is 1.31 bits per heavy atom. The number of nitrogens with zero attached hydrogens (tertiary/aromatic N) is 4. The van der Waals surface area contributed by atoms with Gasteiger partial charge in [-0.3, -0.25) is 14.0 Å². The summed E-state index contributed by atoms with van der Waals surface area (Å²) in [6, 6.07) is 3.83. The minimum Gasteiger partial charge on any atom is -0.463 e. The van der Waals surface area contributed by atoms with Gasteiger partial charge in [-0.2, -0.15) is 5.10 Å². The molecule has 0 unspecified atom stereocenters. The average molecular weight is 356 g/mol. The highest BCUT2D eigenvalue weighted by Gasteiger charge is 2.23. The van der Waals surface area contributed by atoms with Crippen molar-refractivity contribution >= 4 is 22.5 Å². The summed E-state index contributed by atoms with van der Waals surface area (Å²) < 4.78 is 8.55. The highest BCUT2D eigenvalue weighted by molar-refractivity contribution is 5.82. The Labute approximate surface area is 151 Å². The first-order valence-electron chi connectivity index (χ1n) is 9.34. The molecule has 0 saturated heterocycles. The molecule has 138 valence electrons. The van der Waals surface area contributed by atoms with Crippen LogP contribution >= 0.6 is 0 Å². The van der Waals surface area contributed by atoms with E-state index >= 15 is 0 Å². The zero-order valence-corrected chi connectivity index (χ0v) is 15.3. The Morgan fingerprint density at radius 2 is 2.08 bits per heavy atom. The molecular weight excluding hydrogens is 332 g/mol. The maximum Gasteiger partial charge on any atom is 0.291 e. The molecule has 1 aliphatic rings. The molecule has 3 heterocycles. The summed E-state index contributed by atoms with van der Waals surface area (Å²) in [5.74, 6) is 0.678. The first-order valence-corrected chi connectivity index (χ1v) is 9.34. The van der Waals surface area contributed by atoms with Crippen LogP contribution in [-0.2, 0) is 17.8 Å². The van der Waals surface area contributed by atoms with Crippen LogP contribution in [0.25, 0.3) is 16.6 Å². The van der Waals surface area contributed by atoms with Crippen LogP contribution in [0.2, 0.25) is 0 Å². The van der Waals surface area contributed by atoms with E-state index in [0.29, 0.717) is 17.5 Å². The van der Waals surface area contributed by atoms with E-state index in [4.69, 9.17) is 4.42 Å². The summed E-state index contributed by atoms with van der Waals surface area (Å²) in [7, 11) is 1.84. The number of hydrogen-bond donors (Lipinski definition) is 0. The van der Waals surface area contributed by atoms with E-state index in [9.17, 15) is 9.59 Å². The number of carbonyl (C=O) groups is 1. The summed E-state index contributed by atoms with van der Waals surface area (Å²) >= 11 is 0. The van der Waals surface area contributed by atoms with Crippen LogP contribution in [-0.4, -0.2) is 38.1 Å². The zero-order chi connectivity index (χ0) is 18.3. The lowest BCUT2D eigenvalue weighted by Crippen LogP contribution is -2.42. The van der Waals surface area contributed by atoms with Crippen LogP contribution in [0.4, 0.5) is 0 Å². The highest BCUT2D eigenvalue weighted by atomic mass is 16.3. The van der Waals surface area contributed by atoms with Crippen molar-refractivity contribution in [3.05, 3.63) is 34.6 Å². The van der Waals surface area contributed by atoms with Crippen molar-refractivity contribution in [2.75, 3.05) is 7.05 Å². The molecule has 26 heavy (non-hydrogen) atoms. The van der Waals surface area contributed by atoms with Gasteiger partial charge in [0.25, 0.3) is 5.56 Å². The van der Waals surface area contributed by atoms with E-state index < -0.39 is 0 Å². The second-order valence-corrected chi connectivity index (χ2v) is 7.06. The van der Waals surface area contributed by atoms with Crippen LogP contribution in [0.5, 0.6) is 0 Å². The number of rotatable bonds is 4. The summed E-state index contributed by atoms with van der Waals surface area (Å²) in [5.41, 5.74) is 1.72. The van der Waals surface area contributed by atoms with Crippen LogP contribution in [0.1, 0.15) is 44.9 Å². The molecule has 1 amide bonds. The topological polar surface area (TPSA) is 72.8 Å². The second kappa shape index (κ2) is 6.63.